The summed E-state index contributed by atoms with van der Waals surface area (Å²) in [6.07, 6.45) is 2.63. The van der Waals surface area contributed by atoms with Gasteiger partial charge in [-0.3, -0.25) is 0 Å². The van der Waals surface area contributed by atoms with E-state index in [1.54, 1.807) is 24.5 Å². The largest absolute Gasteiger partial charge is 0.533 e. The van der Waals surface area contributed by atoms with Crippen LogP contribution in [0.4, 0.5) is 4.79 Å². The summed E-state index contributed by atoms with van der Waals surface area (Å²) < 4.78 is 6.26. The third kappa shape index (κ3) is 5.26. The van der Waals surface area contributed by atoms with Crippen LogP contribution in [0.2, 0.25) is 25.7 Å². The molecule has 0 unspecified atom stereocenters. The smallest absolute Gasteiger partial charge is 0.433 e. The zero-order valence-corrected chi connectivity index (χ0v) is 10.4. The van der Waals surface area contributed by atoms with E-state index in [1.807, 2.05) is 0 Å². The van der Waals surface area contributed by atoms with Gasteiger partial charge in [0, 0.05) is 20.5 Å². The van der Waals surface area contributed by atoms with Crippen molar-refractivity contribution in [1.82, 2.24) is 4.73 Å². The summed E-state index contributed by atoms with van der Waals surface area (Å²) in [5, 5.41) is 0. The van der Waals surface area contributed by atoms with E-state index in [4.69, 9.17) is 9.57 Å². The molecule has 1 aromatic heterocycles. The average molecular weight is 227 g/mol. The maximum Gasteiger partial charge on any atom is 0.533 e. The molecular weight excluding hydrogens is 210 g/mol. The van der Waals surface area contributed by atoms with Crippen LogP contribution < -0.4 is 4.84 Å². The molecule has 0 N–H and O–H groups in total. The molecule has 1 heterocycles. The molecule has 0 atom stereocenters. The van der Waals surface area contributed by atoms with Crippen LogP contribution in [0.1, 0.15) is 0 Å². The molecule has 0 bridgehead atoms. The van der Waals surface area contributed by atoms with Crippen LogP contribution in [-0.4, -0.2) is 25.6 Å². The summed E-state index contributed by atoms with van der Waals surface area (Å²) >= 11 is 0. The highest BCUT2D eigenvalue weighted by molar-refractivity contribution is 6.76. The fourth-order valence-electron chi connectivity index (χ4n) is 0.933. The number of rotatable bonds is 4. The minimum atomic E-state index is -1.14. The maximum atomic E-state index is 11.1. The number of aromatic nitrogens is 1. The van der Waals surface area contributed by atoms with Gasteiger partial charge in [-0.2, -0.15) is 4.73 Å². The second kappa shape index (κ2) is 5.02. The van der Waals surface area contributed by atoms with Gasteiger partial charge in [-0.1, -0.05) is 19.6 Å². The van der Waals surface area contributed by atoms with Crippen LogP contribution in [-0.2, 0) is 4.74 Å². The Labute approximate surface area is 90.8 Å². The lowest BCUT2D eigenvalue weighted by Gasteiger charge is -2.14. The van der Waals surface area contributed by atoms with Gasteiger partial charge in [-0.15, -0.1) is 0 Å². The van der Waals surface area contributed by atoms with Crippen molar-refractivity contribution in [3.8, 4) is 0 Å². The molecule has 0 amide bonds. The number of carbonyl (C=O) groups excluding carboxylic acids is 1. The Kier molecular flexibility index (Phi) is 3.96. The van der Waals surface area contributed by atoms with E-state index in [9.17, 15) is 4.79 Å². The first-order valence-electron chi connectivity index (χ1n) is 4.95. The molecule has 4 nitrogen and oxygen atoms in total. The Bertz CT molecular complexity index is 303. The molecule has 1 rings (SSSR count). The lowest BCUT2D eigenvalue weighted by atomic mass is 10.7. The van der Waals surface area contributed by atoms with Crippen LogP contribution >= 0.6 is 0 Å². The van der Waals surface area contributed by atoms with Crippen molar-refractivity contribution in [2.45, 2.75) is 25.7 Å². The van der Waals surface area contributed by atoms with Crippen molar-refractivity contribution >= 4 is 14.2 Å². The second-order valence-electron chi connectivity index (χ2n) is 4.54. The minimum Gasteiger partial charge on any atom is -0.433 e. The van der Waals surface area contributed by atoms with Crippen LogP contribution in [0.15, 0.2) is 24.5 Å². The van der Waals surface area contributed by atoms with Gasteiger partial charge >= 0.3 is 6.16 Å². The van der Waals surface area contributed by atoms with Crippen LogP contribution in [0.5, 0.6) is 0 Å². The SMILES string of the molecule is C[Si](C)(C)CCOC(=O)On1cccc1. The monoisotopic (exact) mass is 227 g/mol. The van der Waals surface area contributed by atoms with Crippen LogP contribution in [0, 0.1) is 0 Å². The molecule has 15 heavy (non-hydrogen) atoms. The third-order valence-electron chi connectivity index (χ3n) is 1.83. The van der Waals surface area contributed by atoms with E-state index in [1.165, 1.54) is 4.73 Å². The molecule has 0 fully saturated rings. The second-order valence-corrected chi connectivity index (χ2v) is 10.2. The minimum absolute atomic E-state index is 0.440. The van der Waals surface area contributed by atoms with Gasteiger partial charge < -0.3 is 9.57 Å². The maximum absolute atomic E-state index is 11.1. The van der Waals surface area contributed by atoms with Crippen LogP contribution in [0.3, 0.4) is 0 Å². The topological polar surface area (TPSA) is 40.5 Å². The molecule has 0 saturated carbocycles. The molecule has 1 aromatic rings. The quantitative estimate of drug-likeness (QED) is 0.586. The number of hydrogen-bond donors (Lipinski definition) is 0. The molecule has 0 aliphatic carbocycles. The van der Waals surface area contributed by atoms with E-state index in [0.29, 0.717) is 6.61 Å². The standard InChI is InChI=1S/C10H17NO3Si/c1-15(2,3)9-8-13-10(12)14-11-6-4-5-7-11/h4-7H,8-9H2,1-3H3. The highest BCUT2D eigenvalue weighted by Crippen LogP contribution is 2.07. The van der Waals surface area contributed by atoms with E-state index >= 15 is 0 Å². The van der Waals surface area contributed by atoms with Crippen molar-refractivity contribution < 1.29 is 14.4 Å². The summed E-state index contributed by atoms with van der Waals surface area (Å²) in [6, 6.07) is 4.50. The zero-order valence-electron chi connectivity index (χ0n) is 9.40. The molecule has 0 radical (unpaired) electrons. The van der Waals surface area contributed by atoms with Gasteiger partial charge in [0.15, 0.2) is 0 Å². The average Bonchev–Trinajstić information content (AvgIpc) is 2.54. The normalized spacial score (nSPS) is 11.1. The predicted octanol–water partition coefficient (Wildman–Crippen LogP) is 2.39. The zero-order chi connectivity index (χ0) is 11.3. The molecule has 0 aromatic carbocycles. The van der Waals surface area contributed by atoms with Gasteiger partial charge in [-0.05, 0) is 18.2 Å². The Hall–Kier alpha value is -1.23. The highest BCUT2D eigenvalue weighted by atomic mass is 28.3. The molecule has 0 aliphatic rings. The first kappa shape index (κ1) is 11.8. The van der Waals surface area contributed by atoms with Gasteiger partial charge in [0.1, 0.15) is 0 Å². The lowest BCUT2D eigenvalue weighted by Crippen LogP contribution is -2.25. The van der Waals surface area contributed by atoms with E-state index in [-0.39, 0.29) is 0 Å². The van der Waals surface area contributed by atoms with E-state index in [0.717, 1.165) is 6.04 Å². The first-order chi connectivity index (χ1) is 6.97. The Morgan fingerprint density at radius 2 is 1.87 bits per heavy atom. The fraction of sp³-hybridized carbons (Fsp3) is 0.500. The van der Waals surface area contributed by atoms with Gasteiger partial charge in [0.05, 0.1) is 6.61 Å². The number of nitrogens with zero attached hydrogens (tertiary/aromatic N) is 1. The molecule has 0 spiro atoms. The summed E-state index contributed by atoms with van der Waals surface area (Å²) in [5.74, 6) is 0. The Morgan fingerprint density at radius 3 is 2.40 bits per heavy atom. The predicted molar refractivity (Wildman–Crippen MR) is 60.5 cm³/mol. The highest BCUT2D eigenvalue weighted by Gasteiger charge is 2.14. The Balaban J connectivity index is 2.20. The van der Waals surface area contributed by atoms with Crippen LogP contribution in [0.25, 0.3) is 0 Å². The lowest BCUT2D eigenvalue weighted by molar-refractivity contribution is 0.0516. The number of ether oxygens (including phenoxy) is 1. The van der Waals surface area contributed by atoms with Crippen molar-refractivity contribution in [3.05, 3.63) is 24.5 Å². The summed E-state index contributed by atoms with van der Waals surface area (Å²) in [4.78, 5) is 16.0. The summed E-state index contributed by atoms with van der Waals surface area (Å²) in [5.41, 5.74) is 0. The first-order valence-corrected chi connectivity index (χ1v) is 8.66. The van der Waals surface area contributed by atoms with E-state index < -0.39 is 14.2 Å². The molecule has 0 aliphatic heterocycles. The third-order valence-corrected chi connectivity index (χ3v) is 3.53. The fourth-order valence-corrected chi connectivity index (χ4v) is 1.65. The summed E-state index contributed by atoms with van der Waals surface area (Å²) in [7, 11) is -1.14. The van der Waals surface area contributed by atoms with Crippen molar-refractivity contribution in [2.75, 3.05) is 6.61 Å². The molecular formula is C10H17NO3Si. The molecule has 0 saturated heterocycles. The molecule has 5 heteroatoms. The Morgan fingerprint density at radius 1 is 1.27 bits per heavy atom. The number of carbonyl (C=O) groups is 1. The van der Waals surface area contributed by atoms with Gasteiger partial charge in [0.2, 0.25) is 0 Å². The van der Waals surface area contributed by atoms with E-state index in [2.05, 4.69) is 19.6 Å². The van der Waals surface area contributed by atoms with Crippen molar-refractivity contribution in [3.63, 3.8) is 0 Å². The van der Waals surface area contributed by atoms with Crippen molar-refractivity contribution in [1.29, 1.82) is 0 Å². The van der Waals surface area contributed by atoms with Gasteiger partial charge in [-0.25, -0.2) is 4.79 Å². The molecule has 84 valence electrons. The van der Waals surface area contributed by atoms with Crippen molar-refractivity contribution in [2.24, 2.45) is 0 Å². The van der Waals surface area contributed by atoms with Gasteiger partial charge in [0.25, 0.3) is 0 Å². The number of hydrogen-bond acceptors (Lipinski definition) is 3. The summed E-state index contributed by atoms with van der Waals surface area (Å²) in [6.45, 7) is 7.13.